The van der Waals surface area contributed by atoms with E-state index in [0.717, 1.165) is 11.1 Å². The van der Waals surface area contributed by atoms with Crippen molar-refractivity contribution in [3.05, 3.63) is 66.8 Å². The first-order valence-electron chi connectivity index (χ1n) is 6.30. The van der Waals surface area contributed by atoms with E-state index in [2.05, 4.69) is 65.9 Å². The van der Waals surface area contributed by atoms with Crippen LogP contribution in [0, 0.1) is 7.14 Å². The molecule has 2 aromatic carbocycles. The Morgan fingerprint density at radius 1 is 0.870 bits per heavy atom. The standard InChI is InChI=1S/C15H13I2N5.ClH/c16-13-5-1-11(2-6-13)9-19-21-15(18)22-20-10-12-3-7-14(17)8-4-12;/h1-10H,(H3,18,21,22);1H. The highest BCUT2D eigenvalue weighted by molar-refractivity contribution is 14.1. The van der Waals surface area contributed by atoms with Crippen LogP contribution >= 0.6 is 57.6 Å². The van der Waals surface area contributed by atoms with Gasteiger partial charge in [0.1, 0.15) is 0 Å². The first kappa shape index (κ1) is 19.8. The van der Waals surface area contributed by atoms with Crippen LogP contribution in [0.4, 0.5) is 0 Å². The minimum Gasteiger partial charge on any atom is -0.367 e. The van der Waals surface area contributed by atoms with Crippen LogP contribution in [0.25, 0.3) is 0 Å². The summed E-state index contributed by atoms with van der Waals surface area (Å²) < 4.78 is 2.35. The topological polar surface area (TPSA) is 75.1 Å². The van der Waals surface area contributed by atoms with Crippen LogP contribution in [0.1, 0.15) is 11.1 Å². The lowest BCUT2D eigenvalue weighted by atomic mass is 10.2. The van der Waals surface area contributed by atoms with Crippen LogP contribution in [0.3, 0.4) is 0 Å². The van der Waals surface area contributed by atoms with Crippen molar-refractivity contribution in [2.75, 3.05) is 0 Å². The van der Waals surface area contributed by atoms with E-state index in [1.54, 1.807) is 12.4 Å². The maximum absolute atomic E-state index is 5.66. The molecule has 8 heteroatoms. The highest BCUT2D eigenvalue weighted by atomic mass is 127. The molecule has 0 heterocycles. The molecule has 0 aliphatic heterocycles. The summed E-state index contributed by atoms with van der Waals surface area (Å²) in [6.07, 6.45) is 3.30. The third kappa shape index (κ3) is 7.75. The Morgan fingerprint density at radius 3 is 1.87 bits per heavy atom. The van der Waals surface area contributed by atoms with Gasteiger partial charge in [-0.15, -0.1) is 17.5 Å². The first-order chi connectivity index (χ1) is 10.6. The maximum atomic E-state index is 5.66. The second kappa shape index (κ2) is 10.6. The molecule has 3 N–H and O–H groups in total. The number of nitrogens with one attached hydrogen (secondary N) is 1. The van der Waals surface area contributed by atoms with Gasteiger partial charge in [0, 0.05) is 7.14 Å². The van der Waals surface area contributed by atoms with Gasteiger partial charge in [-0.05, 0) is 80.6 Å². The minimum absolute atomic E-state index is 0. The molecule has 0 bridgehead atoms. The Morgan fingerprint density at radius 2 is 1.35 bits per heavy atom. The zero-order chi connectivity index (χ0) is 15.8. The number of nitrogens with zero attached hydrogens (tertiary/aromatic N) is 3. The molecule has 0 fully saturated rings. The SMILES string of the molecule is Cl.NC(=NN=Cc1ccc(I)cc1)NN=Cc1ccc(I)cc1. The molecule has 0 saturated carbocycles. The molecule has 0 spiro atoms. The number of benzene rings is 2. The van der Waals surface area contributed by atoms with Gasteiger partial charge in [0.25, 0.3) is 0 Å². The van der Waals surface area contributed by atoms with Gasteiger partial charge in [0.05, 0.1) is 12.4 Å². The monoisotopic (exact) mass is 553 g/mol. The Labute approximate surface area is 168 Å². The number of hydrazone groups is 1. The van der Waals surface area contributed by atoms with Crippen LogP contribution < -0.4 is 11.2 Å². The van der Waals surface area contributed by atoms with Gasteiger partial charge in [-0.1, -0.05) is 24.3 Å². The fraction of sp³-hybridized carbons (Fsp3) is 0. The molecule has 0 saturated heterocycles. The molecule has 0 aliphatic carbocycles. The van der Waals surface area contributed by atoms with E-state index in [1.807, 2.05) is 48.5 Å². The smallest absolute Gasteiger partial charge is 0.234 e. The third-order valence-electron chi connectivity index (χ3n) is 2.51. The zero-order valence-corrected chi connectivity index (χ0v) is 17.0. The molecule has 120 valence electrons. The van der Waals surface area contributed by atoms with Crippen LogP contribution in [0.5, 0.6) is 0 Å². The van der Waals surface area contributed by atoms with Gasteiger partial charge in [-0.25, -0.2) is 5.43 Å². The molecule has 0 aliphatic rings. The van der Waals surface area contributed by atoms with Crippen LogP contribution in [0.15, 0.2) is 63.8 Å². The molecule has 0 atom stereocenters. The average Bonchev–Trinajstić information content (AvgIpc) is 2.51. The fourth-order valence-corrected chi connectivity index (χ4v) is 2.17. The van der Waals surface area contributed by atoms with E-state index >= 15 is 0 Å². The number of rotatable bonds is 4. The summed E-state index contributed by atoms with van der Waals surface area (Å²) in [5.41, 5.74) is 10.2. The molecule has 0 unspecified atom stereocenters. The summed E-state index contributed by atoms with van der Waals surface area (Å²) in [6, 6.07) is 15.9. The van der Waals surface area contributed by atoms with Crippen molar-refractivity contribution in [2.45, 2.75) is 0 Å². The zero-order valence-electron chi connectivity index (χ0n) is 11.9. The summed E-state index contributed by atoms with van der Waals surface area (Å²) in [5.74, 6) is 0.128. The molecule has 2 aromatic rings. The van der Waals surface area contributed by atoms with E-state index in [1.165, 1.54) is 7.14 Å². The highest BCUT2D eigenvalue weighted by Gasteiger charge is 1.90. The molecule has 23 heavy (non-hydrogen) atoms. The summed E-state index contributed by atoms with van der Waals surface area (Å²) in [6.45, 7) is 0. The van der Waals surface area contributed by atoms with E-state index in [-0.39, 0.29) is 18.4 Å². The second-order valence-corrected chi connectivity index (χ2v) is 6.69. The molecule has 0 aromatic heterocycles. The average molecular weight is 554 g/mol. The molecular weight excluding hydrogens is 539 g/mol. The second-order valence-electron chi connectivity index (χ2n) is 4.20. The predicted molar refractivity (Wildman–Crippen MR) is 116 cm³/mol. The van der Waals surface area contributed by atoms with Gasteiger partial charge in [-0.2, -0.15) is 10.2 Å². The van der Waals surface area contributed by atoms with Crippen molar-refractivity contribution in [2.24, 2.45) is 21.0 Å². The largest absolute Gasteiger partial charge is 0.367 e. The van der Waals surface area contributed by atoms with E-state index in [9.17, 15) is 0 Å². The highest BCUT2D eigenvalue weighted by Crippen LogP contribution is 2.05. The van der Waals surface area contributed by atoms with Crippen molar-refractivity contribution in [3.8, 4) is 0 Å². The van der Waals surface area contributed by atoms with Crippen molar-refractivity contribution in [3.63, 3.8) is 0 Å². The lowest BCUT2D eigenvalue weighted by Gasteiger charge is -1.96. The minimum atomic E-state index is 0. The lowest BCUT2D eigenvalue weighted by molar-refractivity contribution is 0.994. The number of hydrogen-bond donors (Lipinski definition) is 2. The quantitative estimate of drug-likeness (QED) is 0.263. The first-order valence-corrected chi connectivity index (χ1v) is 8.46. The van der Waals surface area contributed by atoms with Gasteiger partial charge < -0.3 is 5.73 Å². The Kier molecular flexibility index (Phi) is 9.10. The van der Waals surface area contributed by atoms with Crippen molar-refractivity contribution in [1.29, 1.82) is 0 Å². The molecule has 5 nitrogen and oxygen atoms in total. The number of nitrogens with two attached hydrogens (primary N) is 1. The maximum Gasteiger partial charge on any atom is 0.234 e. The summed E-state index contributed by atoms with van der Waals surface area (Å²) in [5, 5.41) is 11.7. The van der Waals surface area contributed by atoms with Crippen LogP contribution in [-0.2, 0) is 0 Å². The van der Waals surface area contributed by atoms with Gasteiger partial charge >= 0.3 is 0 Å². The van der Waals surface area contributed by atoms with E-state index < -0.39 is 0 Å². The number of guanidine groups is 1. The van der Waals surface area contributed by atoms with Crippen molar-refractivity contribution in [1.82, 2.24) is 5.43 Å². The van der Waals surface area contributed by atoms with Crippen molar-refractivity contribution >= 4 is 76.0 Å². The Hall–Kier alpha value is -1.20. The Bertz CT molecular complexity index is 697. The van der Waals surface area contributed by atoms with Crippen molar-refractivity contribution < 1.29 is 0 Å². The molecule has 0 amide bonds. The van der Waals surface area contributed by atoms with Gasteiger partial charge in [0.15, 0.2) is 0 Å². The predicted octanol–water partition coefficient (Wildman–Crippen LogP) is 3.59. The van der Waals surface area contributed by atoms with E-state index in [4.69, 9.17) is 5.73 Å². The lowest BCUT2D eigenvalue weighted by Crippen LogP contribution is -2.26. The fourth-order valence-electron chi connectivity index (χ4n) is 1.45. The molecule has 0 radical (unpaired) electrons. The summed E-state index contributed by atoms with van der Waals surface area (Å²) in [4.78, 5) is 0. The molecule has 2 rings (SSSR count). The van der Waals surface area contributed by atoms with Gasteiger partial charge in [0.2, 0.25) is 5.96 Å². The summed E-state index contributed by atoms with van der Waals surface area (Å²) >= 11 is 4.50. The third-order valence-corrected chi connectivity index (χ3v) is 3.94. The normalized spacial score (nSPS) is 11.7. The molecular formula is C15H14ClI2N5. The van der Waals surface area contributed by atoms with Gasteiger partial charge in [-0.3, -0.25) is 0 Å². The van der Waals surface area contributed by atoms with Crippen LogP contribution in [0.2, 0.25) is 0 Å². The Balaban J connectivity index is 0.00000264. The summed E-state index contributed by atoms with van der Waals surface area (Å²) in [7, 11) is 0. The van der Waals surface area contributed by atoms with E-state index in [0.29, 0.717) is 0 Å². The number of halogens is 3. The van der Waals surface area contributed by atoms with Crippen LogP contribution in [-0.4, -0.2) is 18.4 Å². The number of hydrogen-bond acceptors (Lipinski definition) is 3.